The zero-order valence-corrected chi connectivity index (χ0v) is 23.3. The topological polar surface area (TPSA) is 122 Å². The molecule has 3 aromatic rings. The average Bonchev–Trinajstić information content (AvgIpc) is 3.01. The van der Waals surface area contributed by atoms with Gasteiger partial charge in [-0.05, 0) is 45.0 Å². The lowest BCUT2D eigenvalue weighted by Gasteiger charge is -2.29. The first kappa shape index (κ1) is 36.0. The molecule has 0 saturated carbocycles. The number of nitrogens with one attached hydrogen (secondary N) is 1. The van der Waals surface area contributed by atoms with E-state index in [4.69, 9.17) is 5.11 Å². The molecule has 0 amide bonds. The number of fused-ring (bicyclic) bond motifs is 1. The molecule has 2 heterocycles. The summed E-state index contributed by atoms with van der Waals surface area (Å²) in [4.78, 5) is 41.1. The number of aliphatic hydroxyl groups is 1. The Balaban J connectivity index is 0.000000338. The standard InChI is InChI=1S/C14H14FN3O.C8H4F4O2.C5H11NO.CH4O/c15-12-1-2-13-11(7-12)8-16-14(17-13)18-5-3-10(9-19)4-6-18;9-4-3-5(10)7(12)8(6(4)11)14-2-1-13;1-5(6-2)3-4-7;1-2/h1-2,7-10H,3-6H2;1,3H,2H2;4-6H,3H2,1-2H3;2H,1H3. The van der Waals surface area contributed by atoms with Crippen molar-refractivity contribution >= 4 is 35.7 Å². The number of nitrogens with zero attached hydrogens (tertiary/aromatic N) is 3. The highest BCUT2D eigenvalue weighted by atomic mass is 19.2. The van der Waals surface area contributed by atoms with E-state index in [0.717, 1.165) is 51.1 Å². The number of aromatic nitrogens is 2. The highest BCUT2D eigenvalue weighted by Crippen LogP contribution is 2.26. The van der Waals surface area contributed by atoms with Gasteiger partial charge < -0.3 is 29.6 Å². The third kappa shape index (κ3) is 11.1. The van der Waals surface area contributed by atoms with Crippen LogP contribution in [0, 0.1) is 35.0 Å². The summed E-state index contributed by atoms with van der Waals surface area (Å²) in [6.07, 6.45) is 6.08. The first-order valence-corrected chi connectivity index (χ1v) is 12.7. The fourth-order valence-corrected chi connectivity index (χ4v) is 3.44. The van der Waals surface area contributed by atoms with E-state index in [-0.39, 0.29) is 24.1 Å². The Labute approximate surface area is 239 Å². The molecular weight excluding hydrogens is 567 g/mol. The number of ether oxygens (including phenoxy) is 1. The lowest BCUT2D eigenvalue weighted by atomic mass is 9.99. The predicted octanol–water partition coefficient (Wildman–Crippen LogP) is 3.80. The second-order valence-electron chi connectivity index (χ2n) is 8.70. The molecule has 4 rings (SSSR count). The molecule has 1 aliphatic heterocycles. The maximum atomic E-state index is 13.1. The summed E-state index contributed by atoms with van der Waals surface area (Å²) in [5.41, 5.74) is 0.740. The third-order valence-corrected chi connectivity index (χ3v) is 5.85. The zero-order chi connectivity index (χ0) is 31.7. The van der Waals surface area contributed by atoms with Crippen molar-refractivity contribution < 1.29 is 46.2 Å². The van der Waals surface area contributed by atoms with Crippen molar-refractivity contribution in [3.63, 3.8) is 0 Å². The summed E-state index contributed by atoms with van der Waals surface area (Å²) in [7, 11) is 2.84. The van der Waals surface area contributed by atoms with Crippen LogP contribution in [0.3, 0.4) is 0 Å². The van der Waals surface area contributed by atoms with Crippen LogP contribution in [0.5, 0.6) is 5.75 Å². The lowest BCUT2D eigenvalue weighted by molar-refractivity contribution is -0.111. The van der Waals surface area contributed by atoms with Gasteiger partial charge in [-0.3, -0.25) is 4.79 Å². The molecule has 1 atom stereocenters. The zero-order valence-electron chi connectivity index (χ0n) is 23.3. The molecule has 0 radical (unpaired) electrons. The number of anilines is 1. The summed E-state index contributed by atoms with van der Waals surface area (Å²) in [5.74, 6) is -7.18. The predicted molar refractivity (Wildman–Crippen MR) is 146 cm³/mol. The molecule has 2 N–H and O–H groups in total. The average molecular weight is 601 g/mol. The van der Waals surface area contributed by atoms with Crippen LogP contribution in [-0.2, 0) is 14.4 Å². The van der Waals surface area contributed by atoms with Gasteiger partial charge in [-0.1, -0.05) is 0 Å². The number of carbonyl (C=O) groups excluding carboxylic acids is 3. The SMILES string of the molecule is CNC(C)CC=O.CO.O=CC1CCN(c2ncc3cc(F)ccc3n2)CC1.O=CCOc1c(F)c(F)cc(F)c1F. The van der Waals surface area contributed by atoms with Crippen molar-refractivity contribution in [3.05, 3.63) is 59.5 Å². The number of piperidine rings is 1. The van der Waals surface area contributed by atoms with E-state index >= 15 is 0 Å². The van der Waals surface area contributed by atoms with Crippen molar-refractivity contribution in [2.75, 3.05) is 38.8 Å². The Morgan fingerprint density at radius 3 is 2.14 bits per heavy atom. The van der Waals surface area contributed by atoms with Crippen LogP contribution in [0.1, 0.15) is 26.2 Å². The Morgan fingerprint density at radius 2 is 1.64 bits per heavy atom. The lowest BCUT2D eigenvalue weighted by Crippen LogP contribution is -2.35. The van der Waals surface area contributed by atoms with Crippen LogP contribution in [0.4, 0.5) is 27.9 Å². The summed E-state index contributed by atoms with van der Waals surface area (Å²) >= 11 is 0. The van der Waals surface area contributed by atoms with E-state index < -0.39 is 35.6 Å². The minimum absolute atomic E-state index is 0.0540. The van der Waals surface area contributed by atoms with Gasteiger partial charge in [0.1, 0.15) is 25.0 Å². The van der Waals surface area contributed by atoms with Crippen LogP contribution in [-0.4, -0.2) is 73.8 Å². The van der Waals surface area contributed by atoms with Gasteiger partial charge in [-0.25, -0.2) is 23.1 Å². The molecular formula is C28H33F5N4O5. The van der Waals surface area contributed by atoms with Gasteiger partial charge in [0.15, 0.2) is 23.7 Å². The molecule has 0 spiro atoms. The smallest absolute Gasteiger partial charge is 0.225 e. The van der Waals surface area contributed by atoms with E-state index in [1.54, 1.807) is 12.3 Å². The van der Waals surface area contributed by atoms with Crippen LogP contribution >= 0.6 is 0 Å². The first-order chi connectivity index (χ1) is 20.1. The Bertz CT molecular complexity index is 1270. The van der Waals surface area contributed by atoms with Crippen LogP contribution in [0.15, 0.2) is 30.5 Å². The molecule has 1 saturated heterocycles. The Morgan fingerprint density at radius 1 is 1.02 bits per heavy atom. The second-order valence-corrected chi connectivity index (χ2v) is 8.70. The van der Waals surface area contributed by atoms with Crippen molar-refractivity contribution in [3.8, 4) is 5.75 Å². The Hall–Kier alpha value is -4.04. The highest BCUT2D eigenvalue weighted by Gasteiger charge is 2.21. The summed E-state index contributed by atoms with van der Waals surface area (Å²) in [6.45, 7) is 2.86. The van der Waals surface area contributed by atoms with Crippen LogP contribution < -0.4 is 15.0 Å². The summed E-state index contributed by atoms with van der Waals surface area (Å²) in [6, 6.07) is 4.87. The van der Waals surface area contributed by atoms with Crippen LogP contribution in [0.25, 0.3) is 10.9 Å². The molecule has 1 unspecified atom stereocenters. The normalized spacial score (nSPS) is 13.3. The molecule has 0 aliphatic carbocycles. The highest BCUT2D eigenvalue weighted by molar-refractivity contribution is 5.78. The number of halogens is 5. The quantitative estimate of drug-likeness (QED) is 0.226. The molecule has 14 heteroatoms. The molecule has 42 heavy (non-hydrogen) atoms. The van der Waals surface area contributed by atoms with E-state index in [2.05, 4.69) is 24.9 Å². The molecule has 0 bridgehead atoms. The van der Waals surface area contributed by atoms with Gasteiger partial charge in [0.2, 0.25) is 17.6 Å². The van der Waals surface area contributed by atoms with Gasteiger partial charge >= 0.3 is 0 Å². The van der Waals surface area contributed by atoms with Gasteiger partial charge in [0.25, 0.3) is 0 Å². The van der Waals surface area contributed by atoms with Crippen molar-refractivity contribution in [2.45, 2.75) is 32.2 Å². The van der Waals surface area contributed by atoms with Crippen molar-refractivity contribution in [2.24, 2.45) is 5.92 Å². The molecule has 1 aromatic heterocycles. The van der Waals surface area contributed by atoms with Gasteiger partial charge in [-0.2, -0.15) is 8.78 Å². The van der Waals surface area contributed by atoms with Gasteiger partial charge in [0.05, 0.1) is 5.52 Å². The molecule has 2 aromatic carbocycles. The monoisotopic (exact) mass is 600 g/mol. The van der Waals surface area contributed by atoms with Gasteiger partial charge in [0, 0.05) is 56.2 Å². The summed E-state index contributed by atoms with van der Waals surface area (Å²) in [5, 5.41) is 10.6. The molecule has 1 aliphatic rings. The minimum atomic E-state index is -1.66. The largest absolute Gasteiger partial charge is 0.480 e. The number of carbonyl (C=O) groups is 3. The van der Waals surface area contributed by atoms with E-state index in [1.165, 1.54) is 12.1 Å². The molecule has 9 nitrogen and oxygen atoms in total. The number of hydrogen-bond donors (Lipinski definition) is 2. The number of rotatable bonds is 8. The maximum absolute atomic E-state index is 13.1. The fourth-order valence-electron chi connectivity index (χ4n) is 3.44. The Kier molecular flexibility index (Phi) is 16.4. The summed E-state index contributed by atoms with van der Waals surface area (Å²) < 4.78 is 67.7. The van der Waals surface area contributed by atoms with E-state index in [1.807, 2.05) is 14.0 Å². The van der Waals surface area contributed by atoms with E-state index in [9.17, 15) is 36.3 Å². The number of benzene rings is 2. The van der Waals surface area contributed by atoms with Crippen molar-refractivity contribution in [1.29, 1.82) is 0 Å². The second kappa shape index (κ2) is 19.1. The fraction of sp³-hybridized carbons (Fsp3) is 0.393. The third-order valence-electron chi connectivity index (χ3n) is 5.85. The van der Waals surface area contributed by atoms with Crippen molar-refractivity contribution in [1.82, 2.24) is 15.3 Å². The molecule has 1 fully saturated rings. The first-order valence-electron chi connectivity index (χ1n) is 12.7. The molecule has 230 valence electrons. The van der Waals surface area contributed by atoms with E-state index in [0.29, 0.717) is 23.8 Å². The number of aliphatic hydroxyl groups excluding tert-OH is 1. The number of hydrogen-bond acceptors (Lipinski definition) is 9. The number of aldehydes is 3. The van der Waals surface area contributed by atoms with Gasteiger partial charge in [-0.15, -0.1) is 0 Å². The minimum Gasteiger partial charge on any atom is -0.480 e. The van der Waals surface area contributed by atoms with Crippen LogP contribution in [0.2, 0.25) is 0 Å². The maximum Gasteiger partial charge on any atom is 0.225 e.